The van der Waals surface area contributed by atoms with Gasteiger partial charge >= 0.3 is 0 Å². The number of anilines is 3. The summed E-state index contributed by atoms with van der Waals surface area (Å²) in [5.74, 6) is 0. The van der Waals surface area contributed by atoms with Crippen LogP contribution in [-0.4, -0.2) is 0 Å². The molecule has 0 unspecified atom stereocenters. The van der Waals surface area contributed by atoms with Crippen LogP contribution in [0.15, 0.2) is 180 Å². The Bertz CT molecular complexity index is 2840. The van der Waals surface area contributed by atoms with Gasteiger partial charge in [0.1, 0.15) is 11.2 Å². The lowest BCUT2D eigenvalue weighted by molar-refractivity contribution is 0.670. The number of para-hydroxylation sites is 3. The normalized spacial score (nSPS) is 11.7. The van der Waals surface area contributed by atoms with Crippen LogP contribution in [0.25, 0.3) is 75.1 Å². The predicted molar refractivity (Wildman–Crippen MR) is 210 cm³/mol. The zero-order valence-electron chi connectivity index (χ0n) is 26.5. The molecular weight excluding hydrogens is 615 g/mol. The number of hydrogen-bond donors (Lipinski definition) is 0. The van der Waals surface area contributed by atoms with Gasteiger partial charge in [0.15, 0.2) is 0 Å². The molecule has 3 heteroatoms. The van der Waals surface area contributed by atoms with Crippen molar-refractivity contribution >= 4 is 81.3 Å². The van der Waals surface area contributed by atoms with Crippen LogP contribution in [0.2, 0.25) is 0 Å². The molecular formula is C46H29NOS. The monoisotopic (exact) mass is 643 g/mol. The molecule has 0 saturated heterocycles. The third-order valence-corrected chi connectivity index (χ3v) is 10.9. The van der Waals surface area contributed by atoms with Crippen LogP contribution < -0.4 is 4.90 Å². The van der Waals surface area contributed by atoms with E-state index in [9.17, 15) is 0 Å². The van der Waals surface area contributed by atoms with E-state index in [1.807, 2.05) is 23.5 Å². The Labute approximate surface area is 287 Å². The minimum atomic E-state index is 0.901. The molecule has 0 aliphatic carbocycles. The van der Waals surface area contributed by atoms with E-state index >= 15 is 0 Å². The molecule has 10 aromatic rings. The summed E-state index contributed by atoms with van der Waals surface area (Å²) < 4.78 is 9.20. The second kappa shape index (κ2) is 11.2. The van der Waals surface area contributed by atoms with E-state index in [2.05, 4.69) is 169 Å². The van der Waals surface area contributed by atoms with Crippen LogP contribution in [0.1, 0.15) is 0 Å². The highest BCUT2D eigenvalue weighted by Gasteiger charge is 2.22. The van der Waals surface area contributed by atoms with Gasteiger partial charge in [0.25, 0.3) is 0 Å². The largest absolute Gasteiger partial charge is 0.455 e. The zero-order chi connectivity index (χ0) is 32.3. The maximum atomic E-state index is 6.56. The Balaban J connectivity index is 1.18. The van der Waals surface area contributed by atoms with E-state index < -0.39 is 0 Å². The molecule has 0 aliphatic heterocycles. The topological polar surface area (TPSA) is 16.4 Å². The SMILES string of the molecule is c1ccc(N(c2ccc(-c3cccc4c3sc3ccccc34)cc2)c2cccc3ccccc23)c(-c2cccc3c2oc2ccccc23)c1. The molecule has 0 saturated carbocycles. The molecule has 2 nitrogen and oxygen atoms in total. The Hall–Kier alpha value is -6.16. The molecule has 0 N–H and O–H groups in total. The van der Waals surface area contributed by atoms with Crippen molar-refractivity contribution in [3.8, 4) is 22.3 Å². The second-order valence-electron chi connectivity index (χ2n) is 12.5. The third kappa shape index (κ3) is 4.47. The average molecular weight is 644 g/mol. The van der Waals surface area contributed by atoms with Gasteiger partial charge in [0.2, 0.25) is 0 Å². The number of thiophene rings is 1. The standard InChI is InChI=1S/C46H29NOS/c1-2-14-33-30(12-1)13-9-23-41(33)47(32-28-26-31(27-29-32)34-18-10-21-40-37-17-5-8-25-44(37)49-46(34)40)42-22-6-3-15-35(42)38-19-11-20-39-36-16-4-7-24-43(36)48-45(38)39/h1-29H. The number of furan rings is 1. The molecule has 2 heterocycles. The quantitative estimate of drug-likeness (QED) is 0.186. The summed E-state index contributed by atoms with van der Waals surface area (Å²) in [4.78, 5) is 2.41. The van der Waals surface area contributed by atoms with Crippen molar-refractivity contribution in [3.05, 3.63) is 176 Å². The summed E-state index contributed by atoms with van der Waals surface area (Å²) >= 11 is 1.87. The molecule has 230 valence electrons. The molecule has 10 rings (SSSR count). The molecule has 0 radical (unpaired) electrons. The second-order valence-corrected chi connectivity index (χ2v) is 13.5. The first-order chi connectivity index (χ1) is 24.3. The summed E-state index contributed by atoms with van der Waals surface area (Å²) in [6.45, 7) is 0. The van der Waals surface area contributed by atoms with Gasteiger partial charge < -0.3 is 9.32 Å². The average Bonchev–Trinajstić information content (AvgIpc) is 3.74. The van der Waals surface area contributed by atoms with E-state index in [1.165, 1.54) is 42.1 Å². The fourth-order valence-corrected chi connectivity index (χ4v) is 8.67. The molecule has 0 aliphatic rings. The minimum absolute atomic E-state index is 0.901. The lowest BCUT2D eigenvalue weighted by atomic mass is 9.98. The van der Waals surface area contributed by atoms with Crippen molar-refractivity contribution < 1.29 is 4.42 Å². The van der Waals surface area contributed by atoms with Crippen molar-refractivity contribution in [2.45, 2.75) is 0 Å². The fourth-order valence-electron chi connectivity index (χ4n) is 7.43. The van der Waals surface area contributed by atoms with Gasteiger partial charge in [0.05, 0.1) is 11.4 Å². The Morgan fingerprint density at radius 1 is 0.408 bits per heavy atom. The molecule has 0 atom stereocenters. The highest BCUT2D eigenvalue weighted by molar-refractivity contribution is 7.26. The van der Waals surface area contributed by atoms with Gasteiger partial charge in [-0.3, -0.25) is 0 Å². The fraction of sp³-hybridized carbons (Fsp3) is 0. The maximum absolute atomic E-state index is 6.56. The van der Waals surface area contributed by atoms with Gasteiger partial charge in [-0.1, -0.05) is 140 Å². The first-order valence-corrected chi connectivity index (χ1v) is 17.4. The van der Waals surface area contributed by atoms with E-state index in [1.54, 1.807) is 0 Å². The smallest absolute Gasteiger partial charge is 0.143 e. The number of hydrogen-bond acceptors (Lipinski definition) is 3. The van der Waals surface area contributed by atoms with Gasteiger partial charge in [-0.2, -0.15) is 0 Å². The van der Waals surface area contributed by atoms with Gasteiger partial charge in [-0.15, -0.1) is 11.3 Å². The Morgan fingerprint density at radius 2 is 1.02 bits per heavy atom. The van der Waals surface area contributed by atoms with Gasteiger partial charge in [0, 0.05) is 53.1 Å². The van der Waals surface area contributed by atoms with Crippen LogP contribution in [0.3, 0.4) is 0 Å². The lowest BCUT2D eigenvalue weighted by Crippen LogP contribution is -2.11. The van der Waals surface area contributed by atoms with Crippen molar-refractivity contribution in [2.75, 3.05) is 4.90 Å². The van der Waals surface area contributed by atoms with Crippen LogP contribution in [0, 0.1) is 0 Å². The van der Waals surface area contributed by atoms with E-state index in [0.29, 0.717) is 0 Å². The third-order valence-electron chi connectivity index (χ3n) is 9.69. The summed E-state index contributed by atoms with van der Waals surface area (Å²) in [5, 5.41) is 7.29. The first-order valence-electron chi connectivity index (χ1n) is 16.6. The number of nitrogens with zero attached hydrogens (tertiary/aromatic N) is 1. The molecule has 8 aromatic carbocycles. The number of rotatable bonds is 5. The summed E-state index contributed by atoms with van der Waals surface area (Å²) in [6.07, 6.45) is 0. The Morgan fingerprint density at radius 3 is 1.92 bits per heavy atom. The molecule has 0 spiro atoms. The zero-order valence-corrected chi connectivity index (χ0v) is 27.3. The van der Waals surface area contributed by atoms with Gasteiger partial charge in [-0.25, -0.2) is 0 Å². The first kappa shape index (κ1) is 27.9. The highest BCUT2D eigenvalue weighted by atomic mass is 32.1. The minimum Gasteiger partial charge on any atom is -0.455 e. The summed E-state index contributed by atoms with van der Waals surface area (Å²) in [6, 6.07) is 63.1. The predicted octanol–water partition coefficient (Wildman–Crippen LogP) is 13.9. The van der Waals surface area contributed by atoms with E-state index in [4.69, 9.17) is 4.42 Å². The van der Waals surface area contributed by atoms with E-state index in [0.717, 1.165) is 50.1 Å². The number of fused-ring (bicyclic) bond motifs is 7. The van der Waals surface area contributed by atoms with Crippen molar-refractivity contribution in [1.82, 2.24) is 0 Å². The van der Waals surface area contributed by atoms with Crippen LogP contribution in [0.4, 0.5) is 17.1 Å². The highest BCUT2D eigenvalue weighted by Crippen LogP contribution is 2.46. The molecule has 0 fully saturated rings. The maximum Gasteiger partial charge on any atom is 0.143 e. The molecule has 0 bridgehead atoms. The van der Waals surface area contributed by atoms with Crippen LogP contribution in [0.5, 0.6) is 0 Å². The summed E-state index contributed by atoms with van der Waals surface area (Å²) in [7, 11) is 0. The lowest BCUT2D eigenvalue weighted by Gasteiger charge is -2.29. The van der Waals surface area contributed by atoms with Crippen LogP contribution >= 0.6 is 11.3 Å². The van der Waals surface area contributed by atoms with E-state index in [-0.39, 0.29) is 0 Å². The van der Waals surface area contributed by atoms with Gasteiger partial charge in [-0.05, 0) is 52.9 Å². The number of benzene rings is 8. The Kier molecular flexibility index (Phi) is 6.39. The molecule has 49 heavy (non-hydrogen) atoms. The molecule has 0 amide bonds. The van der Waals surface area contributed by atoms with Crippen molar-refractivity contribution in [2.24, 2.45) is 0 Å². The van der Waals surface area contributed by atoms with Crippen molar-refractivity contribution in [3.63, 3.8) is 0 Å². The van der Waals surface area contributed by atoms with Crippen LogP contribution in [-0.2, 0) is 0 Å². The summed E-state index contributed by atoms with van der Waals surface area (Å²) in [5.41, 5.74) is 9.76. The van der Waals surface area contributed by atoms with Crippen molar-refractivity contribution in [1.29, 1.82) is 0 Å². The molecule has 2 aromatic heterocycles.